The number of fused-ring (bicyclic) bond motifs is 1. The maximum Gasteiger partial charge on any atom is 0.0900 e. The Hall–Kier alpha value is -0.160. The Morgan fingerprint density at radius 1 is 1.56 bits per heavy atom. The molecule has 0 fully saturated rings. The lowest BCUT2D eigenvalue weighted by molar-refractivity contribution is 0.230. The summed E-state index contributed by atoms with van der Waals surface area (Å²) in [5, 5.41) is 1.20. The fourth-order valence-electron chi connectivity index (χ4n) is 2.30. The summed E-state index contributed by atoms with van der Waals surface area (Å²) >= 11 is 1.86. The molecule has 0 radical (unpaired) electrons. The van der Waals surface area contributed by atoms with Crippen LogP contribution in [0.4, 0.5) is 0 Å². The third-order valence-electron chi connectivity index (χ3n) is 3.04. The van der Waals surface area contributed by atoms with Crippen molar-refractivity contribution in [1.82, 2.24) is 9.88 Å². The van der Waals surface area contributed by atoms with E-state index in [2.05, 4.69) is 23.9 Å². The number of thiazole rings is 1. The van der Waals surface area contributed by atoms with Crippen LogP contribution in [0.25, 0.3) is 0 Å². The van der Waals surface area contributed by atoms with E-state index >= 15 is 0 Å². The molecule has 0 bridgehead atoms. The highest BCUT2D eigenvalue weighted by Gasteiger charge is 2.26. The summed E-state index contributed by atoms with van der Waals surface area (Å²) in [6, 6.07) is 0.559. The molecule has 5 heteroatoms. The number of rotatable bonds is 3. The first-order valence-electron chi connectivity index (χ1n) is 5.59. The fourth-order valence-corrected chi connectivity index (χ4v) is 3.47. The number of nitrogens with zero attached hydrogens (tertiary/aromatic N) is 2. The first-order chi connectivity index (χ1) is 7.22. The summed E-state index contributed by atoms with van der Waals surface area (Å²) in [7, 11) is 2.17. The molecule has 1 aliphatic rings. The molecule has 3 nitrogen and oxygen atoms in total. The molecule has 0 spiro atoms. The smallest absolute Gasteiger partial charge is 0.0900 e. The zero-order valence-corrected chi connectivity index (χ0v) is 11.5. The molecule has 1 aromatic rings. The van der Waals surface area contributed by atoms with Gasteiger partial charge in [0.25, 0.3) is 0 Å². The van der Waals surface area contributed by atoms with E-state index in [0.29, 0.717) is 6.04 Å². The molecule has 16 heavy (non-hydrogen) atoms. The molecule has 1 atom stereocenters. The van der Waals surface area contributed by atoms with E-state index in [0.717, 1.165) is 19.5 Å². The largest absolute Gasteiger partial charge is 0.329 e. The maximum absolute atomic E-state index is 5.61. The van der Waals surface area contributed by atoms with Crippen molar-refractivity contribution in [3.63, 3.8) is 0 Å². The minimum Gasteiger partial charge on any atom is -0.329 e. The van der Waals surface area contributed by atoms with E-state index in [9.17, 15) is 0 Å². The lowest BCUT2D eigenvalue weighted by atomic mass is 9.97. The molecule has 0 saturated carbocycles. The van der Waals surface area contributed by atoms with Gasteiger partial charge in [0.15, 0.2) is 0 Å². The van der Waals surface area contributed by atoms with Gasteiger partial charge in [0.05, 0.1) is 10.7 Å². The van der Waals surface area contributed by atoms with E-state index in [4.69, 9.17) is 5.73 Å². The first-order valence-corrected chi connectivity index (χ1v) is 6.40. The number of likely N-dealkylation sites (N-methyl/N-ethyl adjacent to an activating group) is 1. The Morgan fingerprint density at radius 2 is 2.31 bits per heavy atom. The van der Waals surface area contributed by atoms with Crippen molar-refractivity contribution < 1.29 is 0 Å². The van der Waals surface area contributed by atoms with Gasteiger partial charge in [-0.25, -0.2) is 4.98 Å². The molecular weight excluding hydrogens is 242 g/mol. The Morgan fingerprint density at radius 3 is 3.00 bits per heavy atom. The van der Waals surface area contributed by atoms with Gasteiger partial charge in [-0.3, -0.25) is 4.90 Å². The van der Waals surface area contributed by atoms with Gasteiger partial charge >= 0.3 is 0 Å². The zero-order chi connectivity index (χ0) is 10.8. The van der Waals surface area contributed by atoms with Crippen LogP contribution in [0.15, 0.2) is 0 Å². The molecule has 0 aromatic carbocycles. The molecule has 1 aromatic heterocycles. The topological polar surface area (TPSA) is 42.2 Å². The summed E-state index contributed by atoms with van der Waals surface area (Å²) in [6.07, 6.45) is 3.67. The molecule has 0 amide bonds. The van der Waals surface area contributed by atoms with Gasteiger partial charge in [0.1, 0.15) is 0 Å². The Balaban J connectivity index is 0.00000128. The van der Waals surface area contributed by atoms with E-state index < -0.39 is 0 Å². The first kappa shape index (κ1) is 13.9. The van der Waals surface area contributed by atoms with Gasteiger partial charge < -0.3 is 5.73 Å². The Kier molecular flexibility index (Phi) is 5.18. The van der Waals surface area contributed by atoms with Crippen molar-refractivity contribution in [3.05, 3.63) is 15.6 Å². The molecule has 1 heterocycles. The minimum atomic E-state index is 0. The van der Waals surface area contributed by atoms with Gasteiger partial charge in [0, 0.05) is 24.0 Å². The number of aryl methyl sites for hydroxylation is 2. The van der Waals surface area contributed by atoms with Gasteiger partial charge in [-0.15, -0.1) is 23.7 Å². The van der Waals surface area contributed by atoms with Gasteiger partial charge in [0.2, 0.25) is 0 Å². The van der Waals surface area contributed by atoms with Crippen LogP contribution < -0.4 is 5.73 Å². The van der Waals surface area contributed by atoms with Crippen LogP contribution >= 0.6 is 23.7 Å². The van der Waals surface area contributed by atoms with Crippen molar-refractivity contribution >= 4 is 23.7 Å². The molecule has 1 aliphatic carbocycles. The zero-order valence-electron chi connectivity index (χ0n) is 9.90. The van der Waals surface area contributed by atoms with Crippen LogP contribution in [0.3, 0.4) is 0 Å². The van der Waals surface area contributed by atoms with E-state index in [-0.39, 0.29) is 12.4 Å². The van der Waals surface area contributed by atoms with E-state index in [1.807, 2.05) is 11.3 Å². The summed E-state index contributed by atoms with van der Waals surface area (Å²) in [6.45, 7) is 3.81. The summed E-state index contributed by atoms with van der Waals surface area (Å²) in [4.78, 5) is 8.46. The second-order valence-corrected chi connectivity index (χ2v) is 5.46. The van der Waals surface area contributed by atoms with Crippen LogP contribution in [0.5, 0.6) is 0 Å². The van der Waals surface area contributed by atoms with Crippen molar-refractivity contribution in [2.75, 3.05) is 20.1 Å². The summed E-state index contributed by atoms with van der Waals surface area (Å²) < 4.78 is 0. The second kappa shape index (κ2) is 5.96. The summed E-state index contributed by atoms with van der Waals surface area (Å²) in [5.41, 5.74) is 6.94. The lowest BCUT2D eigenvalue weighted by Crippen LogP contribution is -2.31. The average molecular weight is 262 g/mol. The number of halogens is 1. The Bertz CT molecular complexity index is 340. The highest BCUT2D eigenvalue weighted by Crippen LogP contribution is 2.36. The van der Waals surface area contributed by atoms with E-state index in [1.54, 1.807) is 0 Å². The fraction of sp³-hybridized carbons (Fsp3) is 0.727. The van der Waals surface area contributed by atoms with Crippen LogP contribution in [0, 0.1) is 6.92 Å². The van der Waals surface area contributed by atoms with Gasteiger partial charge in [-0.05, 0) is 33.2 Å². The lowest BCUT2D eigenvalue weighted by Gasteiger charge is -2.30. The number of nitrogens with two attached hydrogens (primary N) is 1. The highest BCUT2D eigenvalue weighted by atomic mass is 35.5. The van der Waals surface area contributed by atoms with Crippen LogP contribution in [0.1, 0.15) is 34.5 Å². The quantitative estimate of drug-likeness (QED) is 0.907. The average Bonchev–Trinajstić information content (AvgIpc) is 2.57. The van der Waals surface area contributed by atoms with Crippen LogP contribution in [0.2, 0.25) is 0 Å². The molecule has 0 aliphatic heterocycles. The maximum atomic E-state index is 5.61. The molecule has 0 saturated heterocycles. The second-order valence-electron chi connectivity index (χ2n) is 4.22. The third kappa shape index (κ3) is 2.74. The molecule has 2 N–H and O–H groups in total. The predicted octanol–water partition coefficient (Wildman–Crippen LogP) is 2.14. The Labute approximate surface area is 107 Å². The molecule has 2 rings (SSSR count). The SMILES string of the molecule is Cc1nc2c(s1)C(N(C)CCN)CCC2.Cl. The molecule has 92 valence electrons. The number of hydrogen-bond donors (Lipinski definition) is 1. The van der Waals surface area contributed by atoms with Crippen LogP contribution in [-0.4, -0.2) is 30.0 Å². The van der Waals surface area contributed by atoms with Gasteiger partial charge in [-0.1, -0.05) is 0 Å². The minimum absolute atomic E-state index is 0. The molecule has 1 unspecified atom stereocenters. The van der Waals surface area contributed by atoms with Gasteiger partial charge in [-0.2, -0.15) is 0 Å². The number of hydrogen-bond acceptors (Lipinski definition) is 4. The predicted molar refractivity (Wildman–Crippen MR) is 71.5 cm³/mol. The van der Waals surface area contributed by atoms with Crippen molar-refractivity contribution in [2.45, 2.75) is 32.2 Å². The highest BCUT2D eigenvalue weighted by molar-refractivity contribution is 7.11. The van der Waals surface area contributed by atoms with Crippen molar-refractivity contribution in [2.24, 2.45) is 5.73 Å². The normalized spacial score (nSPS) is 19.4. The summed E-state index contributed by atoms with van der Waals surface area (Å²) in [5.74, 6) is 0. The van der Waals surface area contributed by atoms with E-state index in [1.165, 1.54) is 28.4 Å². The monoisotopic (exact) mass is 261 g/mol. The van der Waals surface area contributed by atoms with Crippen molar-refractivity contribution in [3.8, 4) is 0 Å². The molecular formula is C11H20ClN3S. The third-order valence-corrected chi connectivity index (χ3v) is 4.16. The van der Waals surface area contributed by atoms with Crippen LogP contribution in [-0.2, 0) is 6.42 Å². The number of aromatic nitrogens is 1. The standard InChI is InChI=1S/C11H19N3S.ClH/c1-8-13-9-4-3-5-10(11(9)15-8)14(2)7-6-12;/h10H,3-7,12H2,1-2H3;1H. The van der Waals surface area contributed by atoms with Crippen molar-refractivity contribution in [1.29, 1.82) is 0 Å².